The average Bonchev–Trinajstić information content (AvgIpc) is 2.47. The van der Waals surface area contributed by atoms with Gasteiger partial charge in [-0.25, -0.2) is 4.79 Å². The predicted molar refractivity (Wildman–Crippen MR) is 82.4 cm³/mol. The van der Waals surface area contributed by atoms with E-state index in [9.17, 15) is 9.59 Å². The molecule has 4 nitrogen and oxygen atoms in total. The van der Waals surface area contributed by atoms with Gasteiger partial charge in [-0.1, -0.05) is 19.3 Å². The summed E-state index contributed by atoms with van der Waals surface area (Å²) in [6, 6.07) is 6.94. The molecule has 4 heteroatoms. The van der Waals surface area contributed by atoms with Gasteiger partial charge in [-0.05, 0) is 37.5 Å². The maximum absolute atomic E-state index is 12.2. The highest BCUT2D eigenvalue weighted by Crippen LogP contribution is 2.26. The van der Waals surface area contributed by atoms with Crippen molar-refractivity contribution in [2.45, 2.75) is 39.0 Å². The van der Waals surface area contributed by atoms with E-state index in [1.54, 1.807) is 6.07 Å². The van der Waals surface area contributed by atoms with Crippen LogP contribution >= 0.6 is 0 Å². The third kappa shape index (κ3) is 2.99. The number of nitrogens with one attached hydrogen (secondary N) is 1. The van der Waals surface area contributed by atoms with Gasteiger partial charge in [-0.2, -0.15) is 0 Å². The second-order valence-corrected chi connectivity index (χ2v) is 5.78. The van der Waals surface area contributed by atoms with E-state index in [1.165, 1.54) is 12.5 Å². The fraction of sp³-hybridized carbons (Fsp3) is 0.412. The Morgan fingerprint density at radius 3 is 2.71 bits per heavy atom. The molecule has 1 aromatic carbocycles. The van der Waals surface area contributed by atoms with Crippen molar-refractivity contribution in [1.82, 2.24) is 0 Å². The molecule has 3 rings (SSSR count). The molecule has 1 saturated carbocycles. The summed E-state index contributed by atoms with van der Waals surface area (Å²) in [6.07, 6.45) is 5.42. The highest BCUT2D eigenvalue weighted by atomic mass is 16.4. The number of hydrogen-bond acceptors (Lipinski definition) is 3. The number of rotatable bonds is 2. The lowest BCUT2D eigenvalue weighted by Gasteiger charge is -2.20. The van der Waals surface area contributed by atoms with Gasteiger partial charge in [0.05, 0.1) is 0 Å². The van der Waals surface area contributed by atoms with E-state index >= 15 is 0 Å². The molecule has 1 fully saturated rings. The number of carbonyl (C=O) groups is 1. The number of anilines is 1. The van der Waals surface area contributed by atoms with Crippen LogP contribution in [0.25, 0.3) is 11.0 Å². The lowest BCUT2D eigenvalue weighted by molar-refractivity contribution is -0.120. The molecule has 1 aromatic heterocycles. The van der Waals surface area contributed by atoms with Crippen molar-refractivity contribution in [2.24, 2.45) is 5.92 Å². The number of amides is 1. The van der Waals surface area contributed by atoms with Gasteiger partial charge >= 0.3 is 5.63 Å². The highest BCUT2D eigenvalue weighted by molar-refractivity contribution is 5.95. The molecule has 1 heterocycles. The van der Waals surface area contributed by atoms with Crippen LogP contribution in [0.4, 0.5) is 5.69 Å². The van der Waals surface area contributed by atoms with Gasteiger partial charge in [0, 0.05) is 29.1 Å². The quantitative estimate of drug-likeness (QED) is 0.857. The van der Waals surface area contributed by atoms with E-state index in [1.807, 2.05) is 19.1 Å². The Morgan fingerprint density at radius 1 is 1.19 bits per heavy atom. The first-order valence-corrected chi connectivity index (χ1v) is 7.49. The summed E-state index contributed by atoms with van der Waals surface area (Å²) >= 11 is 0. The Balaban J connectivity index is 1.84. The normalized spacial score (nSPS) is 16.0. The number of hydrogen-bond donors (Lipinski definition) is 1. The number of benzene rings is 1. The smallest absolute Gasteiger partial charge is 0.336 e. The topological polar surface area (TPSA) is 59.3 Å². The van der Waals surface area contributed by atoms with Crippen molar-refractivity contribution in [3.8, 4) is 0 Å². The molecule has 0 atom stereocenters. The molecule has 1 aliphatic carbocycles. The van der Waals surface area contributed by atoms with Gasteiger partial charge < -0.3 is 9.73 Å². The van der Waals surface area contributed by atoms with Crippen molar-refractivity contribution < 1.29 is 9.21 Å². The van der Waals surface area contributed by atoms with E-state index in [0.717, 1.165) is 36.6 Å². The van der Waals surface area contributed by atoms with E-state index < -0.39 is 0 Å². The number of fused-ring (bicyclic) bond motifs is 1. The van der Waals surface area contributed by atoms with E-state index in [-0.39, 0.29) is 17.5 Å². The molecule has 0 aliphatic heterocycles. The Kier molecular flexibility index (Phi) is 3.78. The molecular weight excluding hydrogens is 266 g/mol. The van der Waals surface area contributed by atoms with Gasteiger partial charge in [0.15, 0.2) is 0 Å². The summed E-state index contributed by atoms with van der Waals surface area (Å²) in [5.41, 5.74) is 1.72. The summed E-state index contributed by atoms with van der Waals surface area (Å²) in [4.78, 5) is 23.7. The van der Waals surface area contributed by atoms with Crippen molar-refractivity contribution >= 4 is 22.6 Å². The Hall–Kier alpha value is -2.10. The number of aryl methyl sites for hydroxylation is 1. The Labute approximate surface area is 123 Å². The van der Waals surface area contributed by atoms with Crippen molar-refractivity contribution in [3.05, 3.63) is 40.2 Å². The zero-order valence-corrected chi connectivity index (χ0v) is 12.1. The molecule has 1 aliphatic rings. The lowest BCUT2D eigenvalue weighted by Crippen LogP contribution is -2.24. The predicted octanol–water partition coefficient (Wildman–Crippen LogP) is 3.62. The summed E-state index contributed by atoms with van der Waals surface area (Å²) in [5, 5.41) is 3.84. The van der Waals surface area contributed by atoms with E-state index in [2.05, 4.69) is 5.32 Å². The van der Waals surface area contributed by atoms with Crippen LogP contribution < -0.4 is 10.9 Å². The second kappa shape index (κ2) is 5.72. The second-order valence-electron chi connectivity index (χ2n) is 5.78. The number of carbonyl (C=O) groups excluding carboxylic acids is 1. The van der Waals surface area contributed by atoms with Crippen molar-refractivity contribution in [3.63, 3.8) is 0 Å². The molecule has 1 amide bonds. The Bertz CT molecular complexity index is 726. The highest BCUT2D eigenvalue weighted by Gasteiger charge is 2.21. The molecule has 2 aromatic rings. The largest absolute Gasteiger partial charge is 0.423 e. The molecule has 0 bridgehead atoms. The van der Waals surface area contributed by atoms with Gasteiger partial charge in [0.2, 0.25) is 5.91 Å². The third-order valence-corrected chi connectivity index (χ3v) is 4.19. The van der Waals surface area contributed by atoms with Crippen LogP contribution in [0.5, 0.6) is 0 Å². The molecule has 0 saturated heterocycles. The molecule has 0 spiro atoms. The van der Waals surface area contributed by atoms with Gasteiger partial charge in [-0.15, -0.1) is 0 Å². The first-order chi connectivity index (χ1) is 10.1. The summed E-state index contributed by atoms with van der Waals surface area (Å²) in [6.45, 7) is 1.87. The zero-order chi connectivity index (χ0) is 14.8. The lowest BCUT2D eigenvalue weighted by atomic mass is 9.88. The molecule has 110 valence electrons. The summed E-state index contributed by atoms with van der Waals surface area (Å²) in [5.74, 6) is 0.183. The summed E-state index contributed by atoms with van der Waals surface area (Å²) < 4.78 is 5.20. The molecule has 1 N–H and O–H groups in total. The minimum absolute atomic E-state index is 0.0732. The molecule has 0 radical (unpaired) electrons. The van der Waals surface area contributed by atoms with Crippen LogP contribution in [0.15, 0.2) is 33.5 Å². The SMILES string of the molecule is Cc1cc(=O)oc2cc(NC(=O)C3CCCCC3)ccc12. The fourth-order valence-corrected chi connectivity index (χ4v) is 3.01. The van der Waals surface area contributed by atoms with Crippen LogP contribution in [-0.4, -0.2) is 5.91 Å². The maximum atomic E-state index is 12.2. The molecule has 0 unspecified atom stereocenters. The minimum atomic E-state index is -0.365. The third-order valence-electron chi connectivity index (χ3n) is 4.19. The first-order valence-electron chi connectivity index (χ1n) is 7.49. The summed E-state index contributed by atoms with van der Waals surface area (Å²) in [7, 11) is 0. The van der Waals surface area contributed by atoms with Gasteiger partial charge in [0.1, 0.15) is 5.58 Å². The minimum Gasteiger partial charge on any atom is -0.423 e. The maximum Gasteiger partial charge on any atom is 0.336 e. The standard InChI is InChI=1S/C17H19NO3/c1-11-9-16(19)21-15-10-13(7-8-14(11)15)18-17(20)12-5-3-2-4-6-12/h7-10,12H,2-6H2,1H3,(H,18,20). The average molecular weight is 285 g/mol. The first kappa shape index (κ1) is 13.9. The zero-order valence-electron chi connectivity index (χ0n) is 12.1. The monoisotopic (exact) mass is 285 g/mol. The van der Waals surface area contributed by atoms with Crippen LogP contribution in [0.3, 0.4) is 0 Å². The van der Waals surface area contributed by atoms with Crippen LogP contribution in [-0.2, 0) is 4.79 Å². The van der Waals surface area contributed by atoms with Gasteiger partial charge in [-0.3, -0.25) is 4.79 Å². The van der Waals surface area contributed by atoms with E-state index in [0.29, 0.717) is 11.3 Å². The van der Waals surface area contributed by atoms with Crippen LogP contribution in [0.1, 0.15) is 37.7 Å². The van der Waals surface area contributed by atoms with E-state index in [4.69, 9.17) is 4.42 Å². The van der Waals surface area contributed by atoms with Crippen LogP contribution in [0, 0.1) is 12.8 Å². The Morgan fingerprint density at radius 2 is 1.95 bits per heavy atom. The molecular formula is C17H19NO3. The fourth-order valence-electron chi connectivity index (χ4n) is 3.01. The van der Waals surface area contributed by atoms with Crippen molar-refractivity contribution in [1.29, 1.82) is 0 Å². The van der Waals surface area contributed by atoms with Gasteiger partial charge in [0.25, 0.3) is 0 Å². The molecule has 21 heavy (non-hydrogen) atoms. The van der Waals surface area contributed by atoms with Crippen molar-refractivity contribution in [2.75, 3.05) is 5.32 Å². The van der Waals surface area contributed by atoms with Crippen LogP contribution in [0.2, 0.25) is 0 Å².